The van der Waals surface area contributed by atoms with E-state index in [1.807, 2.05) is 30.3 Å². The van der Waals surface area contributed by atoms with Crippen LogP contribution in [0.2, 0.25) is 0 Å². The highest BCUT2D eigenvalue weighted by Crippen LogP contribution is 2.19. The van der Waals surface area contributed by atoms with Crippen LogP contribution in [0, 0.1) is 0 Å². The lowest BCUT2D eigenvalue weighted by Gasteiger charge is -2.19. The van der Waals surface area contributed by atoms with Gasteiger partial charge in [0.2, 0.25) is 0 Å². The van der Waals surface area contributed by atoms with Crippen molar-refractivity contribution in [2.24, 2.45) is 11.5 Å². The summed E-state index contributed by atoms with van der Waals surface area (Å²) < 4.78 is 0. The number of rotatable bonds is 5. The summed E-state index contributed by atoms with van der Waals surface area (Å²) in [4.78, 5) is 15.5. The molecule has 1 amide bonds. The summed E-state index contributed by atoms with van der Waals surface area (Å²) in [6, 6.07) is 12.9. The molecule has 0 saturated heterocycles. The van der Waals surface area contributed by atoms with Gasteiger partial charge in [-0.15, -0.1) is 0 Å². The highest BCUT2D eigenvalue weighted by atomic mass is 16.1. The van der Waals surface area contributed by atoms with Crippen molar-refractivity contribution in [2.45, 2.75) is 6.04 Å². The molecule has 0 radical (unpaired) electrons. The molecule has 5 heteroatoms. The van der Waals surface area contributed by atoms with E-state index in [1.54, 1.807) is 18.3 Å². The molecule has 5 nitrogen and oxygen atoms in total. The average Bonchev–Trinajstić information content (AvgIpc) is 2.46. The van der Waals surface area contributed by atoms with Gasteiger partial charge in [0.15, 0.2) is 0 Å². The lowest BCUT2D eigenvalue weighted by Crippen LogP contribution is -2.23. The minimum Gasteiger partial charge on any atom is -0.365 e. The van der Waals surface area contributed by atoms with Crippen molar-refractivity contribution >= 4 is 11.7 Å². The second-order valence-electron chi connectivity index (χ2n) is 4.11. The number of anilines is 1. The molecule has 0 spiro atoms. The Morgan fingerprint density at radius 3 is 2.58 bits per heavy atom. The first kappa shape index (κ1) is 13.0. The Bertz CT molecular complexity index is 556. The molecule has 0 fully saturated rings. The van der Waals surface area contributed by atoms with E-state index in [2.05, 4.69) is 10.3 Å². The number of carbonyl (C=O) groups excluding carboxylic acids is 1. The molecule has 1 unspecified atom stereocenters. The van der Waals surface area contributed by atoms with E-state index in [1.165, 1.54) is 0 Å². The van der Waals surface area contributed by atoms with Crippen LogP contribution in [0.5, 0.6) is 0 Å². The molecule has 1 aromatic heterocycles. The predicted octanol–water partition coefficient (Wildman–Crippen LogP) is 1.29. The molecule has 0 aliphatic heterocycles. The Morgan fingerprint density at radius 2 is 1.95 bits per heavy atom. The van der Waals surface area contributed by atoms with E-state index in [0.29, 0.717) is 17.9 Å². The van der Waals surface area contributed by atoms with E-state index in [0.717, 1.165) is 5.56 Å². The second-order valence-corrected chi connectivity index (χ2v) is 4.11. The molecule has 98 valence electrons. The topological polar surface area (TPSA) is 94.0 Å². The summed E-state index contributed by atoms with van der Waals surface area (Å²) in [5.41, 5.74) is 12.5. The van der Waals surface area contributed by atoms with Crippen LogP contribution in [-0.4, -0.2) is 17.4 Å². The first-order valence-electron chi connectivity index (χ1n) is 5.98. The van der Waals surface area contributed by atoms with Gasteiger partial charge >= 0.3 is 0 Å². The smallest absolute Gasteiger partial charge is 0.252 e. The third-order valence-electron chi connectivity index (χ3n) is 2.82. The number of nitrogens with one attached hydrogen (secondary N) is 1. The molecule has 1 atom stereocenters. The molecule has 0 bridgehead atoms. The number of hydrogen-bond donors (Lipinski definition) is 3. The van der Waals surface area contributed by atoms with Gasteiger partial charge in [0.1, 0.15) is 5.82 Å². The maximum absolute atomic E-state index is 11.3. The highest BCUT2D eigenvalue weighted by molar-refractivity contribution is 5.97. The van der Waals surface area contributed by atoms with Crippen molar-refractivity contribution in [3.63, 3.8) is 0 Å². The van der Waals surface area contributed by atoms with E-state index in [9.17, 15) is 4.79 Å². The van der Waals surface area contributed by atoms with Crippen LogP contribution in [0.25, 0.3) is 0 Å². The van der Waals surface area contributed by atoms with Crippen molar-refractivity contribution in [3.05, 3.63) is 59.8 Å². The van der Waals surface area contributed by atoms with Gasteiger partial charge in [-0.25, -0.2) is 4.98 Å². The zero-order valence-electron chi connectivity index (χ0n) is 10.4. The second kappa shape index (κ2) is 5.97. The van der Waals surface area contributed by atoms with Gasteiger partial charge in [-0.2, -0.15) is 0 Å². The first-order chi connectivity index (χ1) is 9.22. The maximum Gasteiger partial charge on any atom is 0.252 e. The van der Waals surface area contributed by atoms with Crippen LogP contribution in [0.4, 0.5) is 5.82 Å². The molecule has 2 aromatic rings. The lowest BCUT2D eigenvalue weighted by molar-refractivity contribution is 0.100. The van der Waals surface area contributed by atoms with E-state index in [4.69, 9.17) is 11.5 Å². The summed E-state index contributed by atoms with van der Waals surface area (Å²) in [5.74, 6) is -0.0614. The normalized spacial score (nSPS) is 11.8. The average molecular weight is 256 g/mol. The minimum atomic E-state index is -0.514. The minimum absolute atomic E-state index is 0.116. The van der Waals surface area contributed by atoms with Gasteiger partial charge in [-0.1, -0.05) is 30.3 Å². The number of carbonyl (C=O) groups is 1. The number of aromatic nitrogens is 1. The van der Waals surface area contributed by atoms with Crippen molar-refractivity contribution < 1.29 is 4.79 Å². The molecule has 1 heterocycles. The summed E-state index contributed by atoms with van der Waals surface area (Å²) in [6.45, 7) is 0.388. The van der Waals surface area contributed by atoms with Crippen LogP contribution in [0.15, 0.2) is 48.7 Å². The molecule has 1 aromatic carbocycles. The molecular formula is C14H16N4O. The summed E-state index contributed by atoms with van der Waals surface area (Å²) in [5, 5.41) is 3.16. The zero-order chi connectivity index (χ0) is 13.7. The number of amides is 1. The molecular weight excluding hydrogens is 240 g/mol. The summed E-state index contributed by atoms with van der Waals surface area (Å²) in [7, 11) is 0. The van der Waals surface area contributed by atoms with Crippen LogP contribution in [-0.2, 0) is 0 Å². The van der Waals surface area contributed by atoms with Gasteiger partial charge in [0.05, 0.1) is 11.6 Å². The van der Waals surface area contributed by atoms with Crippen molar-refractivity contribution in [1.82, 2.24) is 4.98 Å². The first-order valence-corrected chi connectivity index (χ1v) is 5.98. The van der Waals surface area contributed by atoms with E-state index < -0.39 is 5.91 Å². The monoisotopic (exact) mass is 256 g/mol. The third-order valence-corrected chi connectivity index (χ3v) is 2.82. The molecule has 19 heavy (non-hydrogen) atoms. The summed E-state index contributed by atoms with van der Waals surface area (Å²) in [6.07, 6.45) is 1.60. The number of pyridine rings is 1. The number of hydrogen-bond acceptors (Lipinski definition) is 4. The molecule has 0 saturated carbocycles. The van der Waals surface area contributed by atoms with Gasteiger partial charge in [-0.05, 0) is 17.7 Å². The largest absolute Gasteiger partial charge is 0.365 e. The van der Waals surface area contributed by atoms with Gasteiger partial charge in [0.25, 0.3) is 5.91 Å². The quantitative estimate of drug-likeness (QED) is 0.751. The highest BCUT2D eigenvalue weighted by Gasteiger charge is 2.14. The Balaban J connectivity index is 2.27. The zero-order valence-corrected chi connectivity index (χ0v) is 10.4. The van der Waals surface area contributed by atoms with Crippen LogP contribution in [0.3, 0.4) is 0 Å². The third kappa shape index (κ3) is 3.08. The van der Waals surface area contributed by atoms with Gasteiger partial charge < -0.3 is 16.8 Å². The van der Waals surface area contributed by atoms with Crippen molar-refractivity contribution in [3.8, 4) is 0 Å². The number of primary amides is 1. The molecule has 2 rings (SSSR count). The molecule has 0 aliphatic rings. The van der Waals surface area contributed by atoms with Crippen molar-refractivity contribution in [2.75, 3.05) is 11.9 Å². The Labute approximate surface area is 111 Å². The van der Waals surface area contributed by atoms with Crippen LogP contribution in [0.1, 0.15) is 22.0 Å². The maximum atomic E-state index is 11.3. The Morgan fingerprint density at radius 1 is 1.21 bits per heavy atom. The molecule has 0 aliphatic carbocycles. The van der Waals surface area contributed by atoms with Crippen LogP contribution < -0.4 is 16.8 Å². The van der Waals surface area contributed by atoms with Crippen LogP contribution >= 0.6 is 0 Å². The van der Waals surface area contributed by atoms with Gasteiger partial charge in [-0.3, -0.25) is 4.79 Å². The fourth-order valence-electron chi connectivity index (χ4n) is 1.85. The predicted molar refractivity (Wildman–Crippen MR) is 74.6 cm³/mol. The van der Waals surface area contributed by atoms with Gasteiger partial charge in [0, 0.05) is 12.7 Å². The summed E-state index contributed by atoms with van der Waals surface area (Å²) >= 11 is 0. The fourth-order valence-corrected chi connectivity index (χ4v) is 1.85. The lowest BCUT2D eigenvalue weighted by atomic mass is 10.1. The fraction of sp³-hybridized carbons (Fsp3) is 0.143. The molecule has 5 N–H and O–H groups in total. The Hall–Kier alpha value is -2.40. The number of nitrogens with zero attached hydrogens (tertiary/aromatic N) is 1. The number of benzene rings is 1. The van der Waals surface area contributed by atoms with Crippen molar-refractivity contribution in [1.29, 1.82) is 0 Å². The SMILES string of the molecule is NCC(Nc1ncccc1C(N)=O)c1ccccc1. The standard InChI is InChI=1S/C14H16N4O/c15-9-12(10-5-2-1-3-6-10)18-14-11(13(16)19)7-4-8-17-14/h1-8,12H,9,15H2,(H2,16,19)(H,17,18). The Kier molecular flexibility index (Phi) is 4.10. The number of nitrogens with two attached hydrogens (primary N) is 2. The van der Waals surface area contributed by atoms with E-state index in [-0.39, 0.29) is 6.04 Å². The van der Waals surface area contributed by atoms with E-state index >= 15 is 0 Å².